The number of unbranched alkanes of at least 4 members (excludes halogenated alkanes) is 1. The van der Waals surface area contributed by atoms with Crippen molar-refractivity contribution >= 4 is 35.5 Å². The third-order valence-electron chi connectivity index (χ3n) is 2.70. The maximum Gasteiger partial charge on any atom is 0.332 e. The molecule has 0 aliphatic carbocycles. The molecule has 18 heavy (non-hydrogen) atoms. The normalized spacial score (nSPS) is 17.4. The molecule has 1 aliphatic rings. The first kappa shape index (κ1) is 15.7. The molecular formula is C12H20O4S2. The number of thioether (sulfide) groups is 2. The maximum atomic E-state index is 12.0. The second-order valence-corrected chi connectivity index (χ2v) is 7.00. The molecule has 0 unspecified atom stereocenters. The van der Waals surface area contributed by atoms with Crippen LogP contribution in [0.15, 0.2) is 0 Å². The van der Waals surface area contributed by atoms with E-state index in [-0.39, 0.29) is 11.9 Å². The van der Waals surface area contributed by atoms with Gasteiger partial charge >= 0.3 is 11.9 Å². The van der Waals surface area contributed by atoms with Gasteiger partial charge < -0.3 is 9.47 Å². The Morgan fingerprint density at radius 1 is 1.22 bits per heavy atom. The zero-order chi connectivity index (χ0) is 13.4. The van der Waals surface area contributed by atoms with Crippen LogP contribution in [0.2, 0.25) is 0 Å². The third-order valence-corrected chi connectivity index (χ3v) is 6.16. The highest BCUT2D eigenvalue weighted by Crippen LogP contribution is 2.48. The van der Waals surface area contributed by atoms with E-state index in [1.165, 1.54) is 7.11 Å². The summed E-state index contributed by atoms with van der Waals surface area (Å²) < 4.78 is 9.31. The lowest BCUT2D eigenvalue weighted by Crippen LogP contribution is -2.31. The predicted molar refractivity (Wildman–Crippen MR) is 74.8 cm³/mol. The summed E-state index contributed by atoms with van der Waals surface area (Å²) in [5.41, 5.74) is 0. The van der Waals surface area contributed by atoms with E-state index in [1.54, 1.807) is 23.5 Å². The van der Waals surface area contributed by atoms with Crippen molar-refractivity contribution in [1.29, 1.82) is 0 Å². The Labute approximate surface area is 117 Å². The number of methoxy groups -OCH3 is 1. The van der Waals surface area contributed by atoms with Crippen LogP contribution in [-0.4, -0.2) is 41.2 Å². The van der Waals surface area contributed by atoms with Crippen LogP contribution in [0.3, 0.4) is 0 Å². The molecule has 0 amide bonds. The Morgan fingerprint density at radius 2 is 1.89 bits per heavy atom. The molecule has 0 radical (unpaired) electrons. The van der Waals surface area contributed by atoms with Crippen molar-refractivity contribution in [3.63, 3.8) is 0 Å². The van der Waals surface area contributed by atoms with Crippen molar-refractivity contribution in [2.24, 2.45) is 0 Å². The Kier molecular flexibility index (Phi) is 6.92. The zero-order valence-electron chi connectivity index (χ0n) is 10.9. The predicted octanol–water partition coefficient (Wildman–Crippen LogP) is 2.46. The van der Waals surface area contributed by atoms with E-state index in [1.807, 2.05) is 6.92 Å². The minimum Gasteiger partial charge on any atom is -0.469 e. The zero-order valence-corrected chi connectivity index (χ0v) is 12.5. The molecule has 0 atom stereocenters. The number of ether oxygens (including phenoxy) is 2. The smallest absolute Gasteiger partial charge is 0.332 e. The molecule has 0 bridgehead atoms. The Morgan fingerprint density at radius 3 is 2.44 bits per heavy atom. The standard InChI is InChI=1S/C12H20O4S2/c1-3-16-11(14)12(17-8-9-18-12)7-5-4-6-10(13)15-2/h3-9H2,1-2H3. The third kappa shape index (κ3) is 4.39. The van der Waals surface area contributed by atoms with Gasteiger partial charge in [0.15, 0.2) is 4.08 Å². The van der Waals surface area contributed by atoms with Gasteiger partial charge in [-0.05, 0) is 19.8 Å². The van der Waals surface area contributed by atoms with E-state index in [0.29, 0.717) is 13.0 Å². The molecule has 104 valence electrons. The summed E-state index contributed by atoms with van der Waals surface area (Å²) in [5, 5.41) is 0. The van der Waals surface area contributed by atoms with Gasteiger partial charge in [-0.3, -0.25) is 4.79 Å². The van der Waals surface area contributed by atoms with Crippen molar-refractivity contribution in [1.82, 2.24) is 0 Å². The summed E-state index contributed by atoms with van der Waals surface area (Å²) in [6.45, 7) is 2.25. The highest BCUT2D eigenvalue weighted by Gasteiger charge is 2.43. The number of carbonyl (C=O) groups is 2. The lowest BCUT2D eigenvalue weighted by atomic mass is 10.1. The van der Waals surface area contributed by atoms with E-state index in [0.717, 1.165) is 30.8 Å². The van der Waals surface area contributed by atoms with Gasteiger partial charge in [-0.1, -0.05) is 6.42 Å². The molecule has 0 N–H and O–H groups in total. The summed E-state index contributed by atoms with van der Waals surface area (Å²) >= 11 is 3.35. The van der Waals surface area contributed by atoms with Gasteiger partial charge in [0.1, 0.15) is 0 Å². The Bertz CT molecular complexity index is 288. The van der Waals surface area contributed by atoms with Gasteiger partial charge in [-0.25, -0.2) is 4.79 Å². The van der Waals surface area contributed by atoms with Gasteiger partial charge in [-0.15, -0.1) is 23.5 Å². The number of carbonyl (C=O) groups excluding carboxylic acids is 2. The van der Waals surface area contributed by atoms with Crippen LogP contribution in [0.25, 0.3) is 0 Å². The molecule has 0 spiro atoms. The summed E-state index contributed by atoms with van der Waals surface area (Å²) in [6, 6.07) is 0. The first-order valence-corrected chi connectivity index (χ1v) is 8.13. The van der Waals surface area contributed by atoms with Crippen molar-refractivity contribution < 1.29 is 19.1 Å². The van der Waals surface area contributed by atoms with Crippen molar-refractivity contribution in [3.05, 3.63) is 0 Å². The molecule has 1 saturated heterocycles. The second kappa shape index (κ2) is 7.94. The first-order chi connectivity index (χ1) is 8.64. The van der Waals surface area contributed by atoms with Crippen molar-refractivity contribution in [2.75, 3.05) is 25.2 Å². The lowest BCUT2D eigenvalue weighted by molar-refractivity contribution is -0.143. The molecule has 6 heteroatoms. The van der Waals surface area contributed by atoms with E-state index >= 15 is 0 Å². The summed E-state index contributed by atoms with van der Waals surface area (Å²) in [7, 11) is 1.39. The molecule has 0 aromatic heterocycles. The van der Waals surface area contributed by atoms with E-state index in [9.17, 15) is 9.59 Å². The summed E-state index contributed by atoms with van der Waals surface area (Å²) in [6.07, 6.45) is 2.78. The van der Waals surface area contributed by atoms with Gasteiger partial charge in [0.05, 0.1) is 13.7 Å². The number of hydrogen-bond acceptors (Lipinski definition) is 6. The van der Waals surface area contributed by atoms with Crippen LogP contribution in [0.5, 0.6) is 0 Å². The fourth-order valence-electron chi connectivity index (χ4n) is 1.79. The van der Waals surface area contributed by atoms with Crippen molar-refractivity contribution in [3.8, 4) is 0 Å². The van der Waals surface area contributed by atoms with Gasteiger partial charge in [0.25, 0.3) is 0 Å². The average Bonchev–Trinajstić information content (AvgIpc) is 2.84. The topological polar surface area (TPSA) is 52.6 Å². The Balaban J connectivity index is 2.38. The van der Waals surface area contributed by atoms with Crippen LogP contribution in [0.4, 0.5) is 0 Å². The fourth-order valence-corrected chi connectivity index (χ4v) is 4.88. The lowest BCUT2D eigenvalue weighted by Gasteiger charge is -2.24. The molecule has 4 nitrogen and oxygen atoms in total. The van der Waals surface area contributed by atoms with Crippen LogP contribution >= 0.6 is 23.5 Å². The van der Waals surface area contributed by atoms with Gasteiger partial charge in [0.2, 0.25) is 0 Å². The molecule has 0 saturated carbocycles. The average molecular weight is 292 g/mol. The number of esters is 2. The number of rotatable bonds is 7. The number of hydrogen-bond donors (Lipinski definition) is 0. The molecule has 1 heterocycles. The molecule has 1 rings (SSSR count). The molecule has 0 aromatic rings. The highest BCUT2D eigenvalue weighted by molar-refractivity contribution is 8.22. The molecule has 1 aliphatic heterocycles. The maximum absolute atomic E-state index is 12.0. The first-order valence-electron chi connectivity index (χ1n) is 6.16. The fraction of sp³-hybridized carbons (Fsp3) is 0.833. The van der Waals surface area contributed by atoms with Crippen molar-refractivity contribution in [2.45, 2.75) is 36.7 Å². The Hall–Kier alpha value is -0.360. The van der Waals surface area contributed by atoms with Crippen LogP contribution in [-0.2, 0) is 19.1 Å². The van der Waals surface area contributed by atoms with Gasteiger partial charge in [0, 0.05) is 17.9 Å². The van der Waals surface area contributed by atoms with E-state index in [2.05, 4.69) is 4.74 Å². The van der Waals surface area contributed by atoms with Crippen LogP contribution in [0.1, 0.15) is 32.6 Å². The molecule has 0 aromatic carbocycles. The minimum absolute atomic E-state index is 0.115. The SMILES string of the molecule is CCOC(=O)C1(CCCCC(=O)OC)SCCS1. The van der Waals surface area contributed by atoms with E-state index in [4.69, 9.17) is 4.74 Å². The monoisotopic (exact) mass is 292 g/mol. The van der Waals surface area contributed by atoms with Crippen LogP contribution in [0, 0.1) is 0 Å². The largest absolute Gasteiger partial charge is 0.469 e. The van der Waals surface area contributed by atoms with Gasteiger partial charge in [-0.2, -0.15) is 0 Å². The second-order valence-electron chi connectivity index (χ2n) is 3.95. The molecular weight excluding hydrogens is 272 g/mol. The summed E-state index contributed by atoms with van der Waals surface area (Å²) in [4.78, 5) is 23.0. The summed E-state index contributed by atoms with van der Waals surface area (Å²) in [5.74, 6) is 1.67. The highest BCUT2D eigenvalue weighted by atomic mass is 32.2. The minimum atomic E-state index is -0.438. The van der Waals surface area contributed by atoms with Crippen LogP contribution < -0.4 is 0 Å². The van der Waals surface area contributed by atoms with E-state index < -0.39 is 4.08 Å². The quantitative estimate of drug-likeness (QED) is 0.531. The molecule has 1 fully saturated rings.